The molecule has 0 aliphatic rings. The molecule has 3 atom stereocenters. The van der Waals surface area contributed by atoms with E-state index in [9.17, 15) is 19.5 Å². The Morgan fingerprint density at radius 3 is 1.84 bits per heavy atom. The van der Waals surface area contributed by atoms with Gasteiger partial charge in [-0.1, -0.05) is 58.0 Å². The van der Waals surface area contributed by atoms with Gasteiger partial charge in [0.25, 0.3) is 0 Å². The summed E-state index contributed by atoms with van der Waals surface area (Å²) in [6.07, 6.45) is 0. The number of carbonyl (C=O) groups excluding carboxylic acids is 1. The van der Waals surface area contributed by atoms with Crippen LogP contribution in [0.2, 0.25) is 0 Å². The number of nitrogens with zero attached hydrogens (tertiary/aromatic N) is 1. The molecule has 2 aromatic carbocycles. The fourth-order valence-corrected chi connectivity index (χ4v) is 4.94. The monoisotopic (exact) mass is 463 g/mol. The Morgan fingerprint density at radius 2 is 1.39 bits per heavy atom. The number of rotatable bonds is 12. The molecule has 0 fully saturated rings. The maximum absolute atomic E-state index is 12.9. The van der Waals surface area contributed by atoms with Crippen LogP contribution in [-0.2, 0) is 14.4 Å². The van der Waals surface area contributed by atoms with Gasteiger partial charge in [-0.15, -0.1) is 0 Å². The lowest BCUT2D eigenvalue weighted by molar-refractivity contribution is -0.141. The molecule has 1 amide bonds. The average Bonchev–Trinajstić information content (AvgIpc) is 2.76. The number of amides is 1. The number of para-hydroxylation sites is 2. The molecule has 0 aliphatic heterocycles. The zero-order valence-electron chi connectivity index (χ0n) is 16.9. The molecule has 166 valence electrons. The summed E-state index contributed by atoms with van der Waals surface area (Å²) in [4.78, 5) is 37.2. The van der Waals surface area contributed by atoms with Crippen LogP contribution in [0.25, 0.3) is 0 Å². The van der Waals surface area contributed by atoms with E-state index in [4.69, 9.17) is 10.8 Å². The van der Waals surface area contributed by atoms with Crippen LogP contribution in [0.4, 0.5) is 11.4 Å². The number of carboxylic acids is 2. The summed E-state index contributed by atoms with van der Waals surface area (Å²) in [6.45, 7) is 1.71. The molecule has 0 spiro atoms. The van der Waals surface area contributed by atoms with E-state index in [1.54, 1.807) is 6.92 Å². The maximum atomic E-state index is 12.9. The minimum Gasteiger partial charge on any atom is -0.480 e. The van der Waals surface area contributed by atoms with Gasteiger partial charge >= 0.3 is 11.9 Å². The standard InChI is InChI=1S/C21H25N3O5S2/c1-14(24(15-8-4-2-5-9-15)16-10-6-3-7-11-16)19(25)23-18(21(28)29)13-31-30-12-17(22)20(26)27/h2-11,14,17-18H,12-13,22H2,1H3,(H,23,25)(H,26,27)(H,28,29). The van der Waals surface area contributed by atoms with Crippen LogP contribution in [0.5, 0.6) is 0 Å². The van der Waals surface area contributed by atoms with Crippen molar-refractivity contribution < 1.29 is 24.6 Å². The second kappa shape index (κ2) is 12.2. The van der Waals surface area contributed by atoms with E-state index in [1.165, 1.54) is 0 Å². The Labute approximate surface area is 188 Å². The molecule has 5 N–H and O–H groups in total. The van der Waals surface area contributed by atoms with Crippen LogP contribution >= 0.6 is 21.6 Å². The number of hydrogen-bond acceptors (Lipinski definition) is 7. The lowest BCUT2D eigenvalue weighted by Gasteiger charge is -2.31. The number of carboxylic acid groups (broad SMARTS) is 2. The second-order valence-electron chi connectivity index (χ2n) is 6.63. The van der Waals surface area contributed by atoms with Crippen LogP contribution in [0.3, 0.4) is 0 Å². The van der Waals surface area contributed by atoms with E-state index in [0.29, 0.717) is 0 Å². The molecule has 31 heavy (non-hydrogen) atoms. The quantitative estimate of drug-likeness (QED) is 0.277. The highest BCUT2D eigenvalue weighted by molar-refractivity contribution is 8.76. The van der Waals surface area contributed by atoms with Crippen molar-refractivity contribution >= 4 is 50.8 Å². The molecule has 0 bridgehead atoms. The van der Waals surface area contributed by atoms with Crippen molar-refractivity contribution in [3.05, 3.63) is 60.7 Å². The van der Waals surface area contributed by atoms with Gasteiger partial charge in [-0.3, -0.25) is 9.59 Å². The normalized spacial score (nSPS) is 13.6. The minimum absolute atomic E-state index is 0.0709. The van der Waals surface area contributed by atoms with Crippen molar-refractivity contribution in [2.24, 2.45) is 5.73 Å². The molecule has 0 aromatic heterocycles. The number of hydrogen-bond donors (Lipinski definition) is 4. The lowest BCUT2D eigenvalue weighted by atomic mass is 10.1. The first-order valence-electron chi connectivity index (χ1n) is 9.46. The van der Waals surface area contributed by atoms with Crippen LogP contribution in [-0.4, -0.2) is 57.7 Å². The highest BCUT2D eigenvalue weighted by atomic mass is 33.1. The Hall–Kier alpha value is -2.69. The first kappa shape index (κ1) is 24.6. The Bertz CT molecular complexity index is 830. The largest absolute Gasteiger partial charge is 0.480 e. The minimum atomic E-state index is -1.16. The molecule has 0 saturated heterocycles. The van der Waals surface area contributed by atoms with Crippen molar-refractivity contribution in [2.45, 2.75) is 25.0 Å². The number of aliphatic carboxylic acids is 2. The number of nitrogens with two attached hydrogens (primary N) is 1. The molecule has 3 unspecified atom stereocenters. The first-order chi connectivity index (χ1) is 14.8. The predicted molar refractivity (Wildman–Crippen MR) is 125 cm³/mol. The molecule has 2 rings (SSSR count). The molecule has 2 aromatic rings. The van der Waals surface area contributed by atoms with Gasteiger partial charge in [-0.05, 0) is 31.2 Å². The molecule has 0 heterocycles. The van der Waals surface area contributed by atoms with E-state index in [-0.39, 0.29) is 11.5 Å². The first-order valence-corrected chi connectivity index (χ1v) is 12.0. The molecule has 0 radical (unpaired) electrons. The van der Waals surface area contributed by atoms with Gasteiger partial charge in [0.2, 0.25) is 5.91 Å². The van der Waals surface area contributed by atoms with Crippen LogP contribution in [0.15, 0.2) is 60.7 Å². The Kier molecular flexibility index (Phi) is 9.70. The summed E-state index contributed by atoms with van der Waals surface area (Å²) >= 11 is 0. The highest BCUT2D eigenvalue weighted by Crippen LogP contribution is 2.28. The number of nitrogens with one attached hydrogen (secondary N) is 1. The van der Waals surface area contributed by atoms with Crippen LogP contribution in [0, 0.1) is 0 Å². The summed E-state index contributed by atoms with van der Waals surface area (Å²) < 4.78 is 0. The van der Waals surface area contributed by atoms with Gasteiger partial charge in [0, 0.05) is 22.9 Å². The topological polar surface area (TPSA) is 133 Å². The van der Waals surface area contributed by atoms with Crippen LogP contribution in [0.1, 0.15) is 6.92 Å². The van der Waals surface area contributed by atoms with Gasteiger partial charge in [-0.25, -0.2) is 4.79 Å². The van der Waals surface area contributed by atoms with E-state index in [1.807, 2.05) is 65.6 Å². The predicted octanol–water partition coefficient (Wildman–Crippen LogP) is 2.58. The fraction of sp³-hybridized carbons (Fsp3) is 0.286. The van der Waals surface area contributed by atoms with E-state index in [0.717, 1.165) is 33.0 Å². The molecular formula is C21H25N3O5S2. The second-order valence-corrected chi connectivity index (χ2v) is 9.18. The summed E-state index contributed by atoms with van der Waals surface area (Å²) in [5, 5.41) is 20.9. The lowest BCUT2D eigenvalue weighted by Crippen LogP contribution is -2.50. The van der Waals surface area contributed by atoms with Gasteiger partial charge in [0.15, 0.2) is 0 Å². The molecule has 10 heteroatoms. The maximum Gasteiger partial charge on any atom is 0.327 e. The van der Waals surface area contributed by atoms with Crippen LogP contribution < -0.4 is 16.0 Å². The zero-order chi connectivity index (χ0) is 22.8. The smallest absolute Gasteiger partial charge is 0.327 e. The van der Waals surface area contributed by atoms with Crippen molar-refractivity contribution in [2.75, 3.05) is 16.4 Å². The fourth-order valence-electron chi connectivity index (χ4n) is 2.67. The van der Waals surface area contributed by atoms with Gasteiger partial charge < -0.3 is 26.2 Å². The average molecular weight is 464 g/mol. The zero-order valence-corrected chi connectivity index (χ0v) is 18.5. The summed E-state index contributed by atoms with van der Waals surface area (Å²) in [5.41, 5.74) is 7.04. The van der Waals surface area contributed by atoms with Crippen molar-refractivity contribution in [1.29, 1.82) is 0 Å². The van der Waals surface area contributed by atoms with Gasteiger partial charge in [0.05, 0.1) is 0 Å². The molecule has 0 saturated carbocycles. The molecule has 0 aliphatic carbocycles. The van der Waals surface area contributed by atoms with Gasteiger partial charge in [-0.2, -0.15) is 0 Å². The highest BCUT2D eigenvalue weighted by Gasteiger charge is 2.28. The van der Waals surface area contributed by atoms with Crippen molar-refractivity contribution in [3.63, 3.8) is 0 Å². The third-order valence-electron chi connectivity index (χ3n) is 4.33. The molecule has 8 nitrogen and oxygen atoms in total. The summed E-state index contributed by atoms with van der Waals surface area (Å²) in [5.74, 6) is -2.52. The van der Waals surface area contributed by atoms with E-state index >= 15 is 0 Å². The third kappa shape index (κ3) is 7.50. The van der Waals surface area contributed by atoms with E-state index in [2.05, 4.69) is 5.32 Å². The summed E-state index contributed by atoms with van der Waals surface area (Å²) in [6, 6.07) is 15.9. The summed E-state index contributed by atoms with van der Waals surface area (Å²) in [7, 11) is 2.31. The number of anilines is 2. The Morgan fingerprint density at radius 1 is 0.903 bits per heavy atom. The van der Waals surface area contributed by atoms with Gasteiger partial charge in [0.1, 0.15) is 18.1 Å². The van der Waals surface area contributed by atoms with E-state index < -0.39 is 36.0 Å². The molecular weight excluding hydrogens is 438 g/mol. The van der Waals surface area contributed by atoms with Crippen molar-refractivity contribution in [3.8, 4) is 0 Å². The number of benzene rings is 2. The third-order valence-corrected chi connectivity index (χ3v) is 6.78. The SMILES string of the molecule is CC(C(=O)NC(CSSCC(N)C(=O)O)C(=O)O)N(c1ccccc1)c1ccccc1. The Balaban J connectivity index is 2.07. The number of carbonyl (C=O) groups is 3. The van der Waals surface area contributed by atoms with Crippen molar-refractivity contribution in [1.82, 2.24) is 5.32 Å².